The van der Waals surface area contributed by atoms with Gasteiger partial charge in [0.1, 0.15) is 4.90 Å². The van der Waals surface area contributed by atoms with E-state index in [1.54, 1.807) is 13.1 Å². The molecule has 0 radical (unpaired) electrons. The molecule has 0 aliphatic carbocycles. The average molecular weight is 398 g/mol. The predicted octanol–water partition coefficient (Wildman–Crippen LogP) is 2.48. The molecule has 1 fully saturated rings. The second-order valence-electron chi connectivity index (χ2n) is 4.94. The fraction of sp³-hybridized carbons (Fsp3) is 0.538. The van der Waals surface area contributed by atoms with Crippen molar-refractivity contribution in [1.29, 1.82) is 0 Å². The van der Waals surface area contributed by atoms with Crippen LogP contribution in [0.5, 0.6) is 5.75 Å². The highest BCUT2D eigenvalue weighted by molar-refractivity contribution is 9.10. The quantitative estimate of drug-likeness (QED) is 0.848. The first kappa shape index (κ1) is 17.0. The number of benzene rings is 1. The Hall–Kier alpha value is -0.340. The molecule has 1 unspecified atom stereocenters. The minimum Gasteiger partial charge on any atom is -0.494 e. The first-order chi connectivity index (χ1) is 9.87. The number of sulfonamides is 1. The summed E-state index contributed by atoms with van der Waals surface area (Å²) < 4.78 is 32.9. The van der Waals surface area contributed by atoms with Gasteiger partial charge in [0.25, 0.3) is 0 Å². The maximum atomic E-state index is 12.9. The third-order valence-electron chi connectivity index (χ3n) is 3.62. The Morgan fingerprint density at radius 1 is 1.48 bits per heavy atom. The number of hydrogen-bond donors (Lipinski definition) is 1. The maximum Gasteiger partial charge on any atom is 0.246 e. The lowest BCUT2D eigenvalue weighted by molar-refractivity contribution is 0.298. The molecule has 0 aromatic heterocycles. The van der Waals surface area contributed by atoms with Gasteiger partial charge in [-0.1, -0.05) is 11.6 Å². The molecule has 1 atom stereocenters. The lowest BCUT2D eigenvalue weighted by atomic mass is 10.1. The molecule has 8 heteroatoms. The van der Waals surface area contributed by atoms with Crippen LogP contribution < -0.4 is 10.1 Å². The van der Waals surface area contributed by atoms with Gasteiger partial charge in [0.15, 0.2) is 5.75 Å². The number of nitrogens with zero attached hydrogens (tertiary/aromatic N) is 1. The van der Waals surface area contributed by atoms with Gasteiger partial charge < -0.3 is 10.1 Å². The monoisotopic (exact) mass is 396 g/mol. The van der Waals surface area contributed by atoms with Crippen LogP contribution in [-0.4, -0.2) is 46.0 Å². The topological polar surface area (TPSA) is 58.6 Å². The molecule has 1 aliphatic heterocycles. The van der Waals surface area contributed by atoms with E-state index in [-0.39, 0.29) is 16.7 Å². The normalized spacial score (nSPS) is 19.8. The molecule has 0 bridgehead atoms. The number of methoxy groups -OCH3 is 1. The van der Waals surface area contributed by atoms with Crippen LogP contribution in [0.1, 0.15) is 12.8 Å². The smallest absolute Gasteiger partial charge is 0.246 e. The first-order valence-electron chi connectivity index (χ1n) is 6.59. The standard InChI is InChI=1S/C13H18BrClN2O3S/c1-17(10-4-3-5-16-8-10)21(18,19)12-7-9(15)6-11(14)13(12)20-2/h6-7,10,16H,3-5,8H2,1-2H3. The van der Waals surface area contributed by atoms with Crippen molar-refractivity contribution in [1.82, 2.24) is 9.62 Å². The molecular weight excluding hydrogens is 380 g/mol. The largest absolute Gasteiger partial charge is 0.494 e. The van der Waals surface area contributed by atoms with Crippen LogP contribution in [-0.2, 0) is 10.0 Å². The number of likely N-dealkylation sites (N-methyl/N-ethyl adjacent to an activating group) is 1. The van der Waals surface area contributed by atoms with E-state index < -0.39 is 10.0 Å². The highest BCUT2D eigenvalue weighted by Crippen LogP contribution is 2.37. The summed E-state index contributed by atoms with van der Waals surface area (Å²) in [6.45, 7) is 1.58. The van der Waals surface area contributed by atoms with Gasteiger partial charge in [-0.2, -0.15) is 4.31 Å². The maximum absolute atomic E-state index is 12.9. The van der Waals surface area contributed by atoms with Crippen molar-refractivity contribution in [3.63, 3.8) is 0 Å². The third-order valence-corrected chi connectivity index (χ3v) is 6.34. The van der Waals surface area contributed by atoms with Crippen molar-refractivity contribution in [3.05, 3.63) is 21.6 Å². The van der Waals surface area contributed by atoms with Gasteiger partial charge in [0.05, 0.1) is 11.6 Å². The third kappa shape index (κ3) is 3.53. The van der Waals surface area contributed by atoms with Crippen LogP contribution in [0, 0.1) is 0 Å². The van der Waals surface area contributed by atoms with E-state index in [9.17, 15) is 8.42 Å². The van der Waals surface area contributed by atoms with Crippen molar-refractivity contribution in [2.24, 2.45) is 0 Å². The molecule has 0 saturated carbocycles. The predicted molar refractivity (Wildman–Crippen MR) is 86.5 cm³/mol. The molecular formula is C13H18BrClN2O3S. The molecule has 5 nitrogen and oxygen atoms in total. The van der Waals surface area contributed by atoms with Gasteiger partial charge in [0, 0.05) is 24.7 Å². The van der Waals surface area contributed by atoms with Crippen LogP contribution in [0.25, 0.3) is 0 Å². The van der Waals surface area contributed by atoms with E-state index in [0.29, 0.717) is 16.0 Å². The summed E-state index contributed by atoms with van der Waals surface area (Å²) in [5.74, 6) is 0.273. The van der Waals surface area contributed by atoms with Gasteiger partial charge in [-0.3, -0.25) is 0 Å². The fourth-order valence-corrected chi connectivity index (χ4v) is 5.18. The van der Waals surface area contributed by atoms with Gasteiger partial charge in [-0.05, 0) is 47.4 Å². The van der Waals surface area contributed by atoms with E-state index in [1.807, 2.05) is 0 Å². The molecule has 1 aliphatic rings. The van der Waals surface area contributed by atoms with E-state index in [1.165, 1.54) is 17.5 Å². The molecule has 118 valence electrons. The summed E-state index contributed by atoms with van der Waals surface area (Å²) in [5.41, 5.74) is 0. The molecule has 1 aromatic rings. The Labute approximate surface area is 138 Å². The summed E-state index contributed by atoms with van der Waals surface area (Å²) in [4.78, 5) is 0.0810. The zero-order valence-corrected chi connectivity index (χ0v) is 15.1. The van der Waals surface area contributed by atoms with E-state index in [2.05, 4.69) is 21.2 Å². The summed E-state index contributed by atoms with van der Waals surface area (Å²) in [6, 6.07) is 2.97. The summed E-state index contributed by atoms with van der Waals surface area (Å²) in [7, 11) is -0.634. The Kier molecular flexibility index (Phi) is 5.54. The Balaban J connectivity index is 2.43. The molecule has 2 rings (SSSR count). The second kappa shape index (κ2) is 6.83. The summed E-state index contributed by atoms with van der Waals surface area (Å²) in [5, 5.41) is 3.56. The highest BCUT2D eigenvalue weighted by atomic mass is 79.9. The Morgan fingerprint density at radius 3 is 2.76 bits per heavy atom. The number of hydrogen-bond acceptors (Lipinski definition) is 4. The zero-order valence-electron chi connectivity index (χ0n) is 11.9. The van der Waals surface area contributed by atoms with Gasteiger partial charge in [-0.15, -0.1) is 0 Å². The average Bonchev–Trinajstić information content (AvgIpc) is 2.46. The van der Waals surface area contributed by atoms with Crippen LogP contribution in [0.4, 0.5) is 0 Å². The molecule has 0 amide bonds. The SMILES string of the molecule is COc1c(Br)cc(Cl)cc1S(=O)(=O)N(C)C1CCCNC1. The molecule has 21 heavy (non-hydrogen) atoms. The van der Waals surface area contributed by atoms with Crippen LogP contribution >= 0.6 is 27.5 Å². The number of piperidine rings is 1. The minimum atomic E-state index is -3.67. The molecule has 1 N–H and O–H groups in total. The van der Waals surface area contributed by atoms with Gasteiger partial charge >= 0.3 is 0 Å². The molecule has 0 spiro atoms. The molecule has 1 saturated heterocycles. The zero-order chi connectivity index (χ0) is 15.6. The first-order valence-corrected chi connectivity index (χ1v) is 9.21. The van der Waals surface area contributed by atoms with Crippen molar-refractivity contribution in [2.45, 2.75) is 23.8 Å². The number of nitrogens with one attached hydrogen (secondary N) is 1. The van der Waals surface area contributed by atoms with Crippen molar-refractivity contribution in [2.75, 3.05) is 27.2 Å². The van der Waals surface area contributed by atoms with E-state index >= 15 is 0 Å². The summed E-state index contributed by atoms with van der Waals surface area (Å²) >= 11 is 9.29. The highest BCUT2D eigenvalue weighted by Gasteiger charge is 2.32. The van der Waals surface area contributed by atoms with Crippen molar-refractivity contribution >= 4 is 37.6 Å². The number of ether oxygens (including phenoxy) is 1. The Morgan fingerprint density at radius 2 is 2.19 bits per heavy atom. The lowest BCUT2D eigenvalue weighted by Crippen LogP contribution is -2.46. The Bertz CT molecular complexity index is 618. The van der Waals surface area contributed by atoms with Crippen LogP contribution in [0.3, 0.4) is 0 Å². The fourth-order valence-electron chi connectivity index (χ4n) is 2.42. The summed E-state index contributed by atoms with van der Waals surface area (Å²) in [6.07, 6.45) is 1.80. The van der Waals surface area contributed by atoms with Gasteiger partial charge in [0.2, 0.25) is 10.0 Å². The van der Waals surface area contributed by atoms with Crippen molar-refractivity contribution in [3.8, 4) is 5.75 Å². The van der Waals surface area contributed by atoms with Gasteiger partial charge in [-0.25, -0.2) is 8.42 Å². The lowest BCUT2D eigenvalue weighted by Gasteiger charge is -2.31. The second-order valence-corrected chi connectivity index (χ2v) is 8.20. The molecule has 1 heterocycles. The molecule has 1 aromatic carbocycles. The van der Waals surface area contributed by atoms with E-state index in [4.69, 9.17) is 16.3 Å². The number of halogens is 2. The minimum absolute atomic E-state index is 0.0637. The van der Waals surface area contributed by atoms with Crippen molar-refractivity contribution < 1.29 is 13.2 Å². The number of rotatable bonds is 4. The van der Waals surface area contributed by atoms with Crippen LogP contribution in [0.15, 0.2) is 21.5 Å². The van der Waals surface area contributed by atoms with E-state index in [0.717, 1.165) is 19.4 Å². The van der Waals surface area contributed by atoms with Crippen LogP contribution in [0.2, 0.25) is 5.02 Å².